The Labute approximate surface area is 176 Å². The number of nitrogen functional groups attached to an aromatic ring is 1. The number of amides is 2. The number of carbonyl (C=O) groups is 2. The fourth-order valence-electron chi connectivity index (χ4n) is 2.59. The second-order valence-corrected chi connectivity index (χ2v) is 7.09. The fraction of sp³-hybridized carbons (Fsp3) is 0.100. The highest BCUT2D eigenvalue weighted by atomic mass is 32.2. The molecule has 0 radical (unpaired) electrons. The molecule has 2 amide bonds. The molecule has 10 heteroatoms. The van der Waals surface area contributed by atoms with E-state index in [9.17, 15) is 14.9 Å². The maximum Gasteiger partial charge on any atom is 0.267 e. The maximum atomic E-state index is 11.3. The van der Waals surface area contributed by atoms with Crippen LogP contribution in [-0.2, 0) is 10.5 Å². The highest BCUT2D eigenvalue weighted by Crippen LogP contribution is 2.29. The molecule has 9 nitrogen and oxygen atoms in total. The van der Waals surface area contributed by atoms with Crippen molar-refractivity contribution in [1.29, 1.82) is 5.26 Å². The number of hydrogen-bond donors (Lipinski definition) is 3. The van der Waals surface area contributed by atoms with Crippen molar-refractivity contribution in [3.05, 3.63) is 59.4 Å². The van der Waals surface area contributed by atoms with E-state index in [-0.39, 0.29) is 23.0 Å². The normalized spacial score (nSPS) is 10.3. The summed E-state index contributed by atoms with van der Waals surface area (Å²) < 4.78 is 0. The second kappa shape index (κ2) is 9.02. The van der Waals surface area contributed by atoms with Gasteiger partial charge in [-0.3, -0.25) is 9.59 Å². The number of anilines is 2. The van der Waals surface area contributed by atoms with E-state index in [4.69, 9.17) is 11.5 Å². The van der Waals surface area contributed by atoms with Crippen LogP contribution in [0.4, 0.5) is 11.5 Å². The van der Waals surface area contributed by atoms with Crippen LogP contribution in [0.5, 0.6) is 0 Å². The minimum Gasteiger partial charge on any atom is -0.382 e. The SMILES string of the molecule is CC(=O)Nc1ccc(-c2nc(SCc3cccc(C(N)=O)n3)nc(N)c2C#N)cc1. The summed E-state index contributed by atoms with van der Waals surface area (Å²) in [6.45, 7) is 1.42. The highest BCUT2D eigenvalue weighted by molar-refractivity contribution is 7.98. The molecule has 30 heavy (non-hydrogen) atoms. The van der Waals surface area contributed by atoms with Crippen LogP contribution in [0.2, 0.25) is 0 Å². The number of rotatable bonds is 6. The number of primary amides is 1. The van der Waals surface area contributed by atoms with Crippen LogP contribution < -0.4 is 16.8 Å². The number of pyridine rings is 1. The maximum absolute atomic E-state index is 11.3. The summed E-state index contributed by atoms with van der Waals surface area (Å²) in [7, 11) is 0. The number of hydrogen-bond acceptors (Lipinski definition) is 8. The van der Waals surface area contributed by atoms with Crippen LogP contribution >= 0.6 is 11.8 Å². The van der Waals surface area contributed by atoms with Gasteiger partial charge in [-0.2, -0.15) is 5.26 Å². The molecule has 3 aromatic rings. The average Bonchev–Trinajstić information content (AvgIpc) is 2.72. The Morgan fingerprint density at radius 2 is 1.87 bits per heavy atom. The van der Waals surface area contributed by atoms with Crippen LogP contribution in [0.25, 0.3) is 11.3 Å². The van der Waals surface area contributed by atoms with Crippen molar-refractivity contribution in [3.8, 4) is 17.3 Å². The monoisotopic (exact) mass is 419 g/mol. The Morgan fingerprint density at radius 3 is 2.50 bits per heavy atom. The first-order valence-electron chi connectivity index (χ1n) is 8.71. The predicted octanol–water partition coefficient (Wildman–Crippen LogP) is 2.34. The number of nitrogens with one attached hydrogen (secondary N) is 1. The van der Waals surface area contributed by atoms with Gasteiger partial charge in [-0.25, -0.2) is 15.0 Å². The van der Waals surface area contributed by atoms with Crippen molar-refractivity contribution in [2.24, 2.45) is 5.73 Å². The molecule has 0 saturated carbocycles. The summed E-state index contributed by atoms with van der Waals surface area (Å²) >= 11 is 1.26. The first-order chi connectivity index (χ1) is 14.4. The number of nitriles is 1. The Bertz CT molecular complexity index is 1160. The van der Waals surface area contributed by atoms with Crippen LogP contribution in [0.1, 0.15) is 28.7 Å². The molecule has 0 aliphatic heterocycles. The first kappa shape index (κ1) is 20.8. The third-order valence-electron chi connectivity index (χ3n) is 3.92. The molecule has 0 spiro atoms. The summed E-state index contributed by atoms with van der Waals surface area (Å²) in [6, 6.07) is 13.9. The lowest BCUT2D eigenvalue weighted by atomic mass is 10.1. The van der Waals surface area contributed by atoms with Crippen molar-refractivity contribution in [3.63, 3.8) is 0 Å². The van der Waals surface area contributed by atoms with Gasteiger partial charge in [-0.15, -0.1) is 0 Å². The second-order valence-electron chi connectivity index (χ2n) is 6.15. The van der Waals surface area contributed by atoms with Gasteiger partial charge in [0.1, 0.15) is 23.1 Å². The zero-order valence-electron chi connectivity index (χ0n) is 15.9. The molecule has 0 atom stereocenters. The van der Waals surface area contributed by atoms with Gasteiger partial charge in [0.15, 0.2) is 5.16 Å². The molecule has 1 aromatic carbocycles. The lowest BCUT2D eigenvalue weighted by Gasteiger charge is -2.10. The molecule has 0 aliphatic carbocycles. The van der Waals surface area contributed by atoms with Gasteiger partial charge in [-0.1, -0.05) is 30.0 Å². The summed E-state index contributed by atoms with van der Waals surface area (Å²) in [5, 5.41) is 12.5. The summed E-state index contributed by atoms with van der Waals surface area (Å²) in [4.78, 5) is 35.3. The van der Waals surface area contributed by atoms with E-state index in [0.29, 0.717) is 33.5 Å². The van der Waals surface area contributed by atoms with Gasteiger partial charge >= 0.3 is 0 Å². The lowest BCUT2D eigenvalue weighted by molar-refractivity contribution is -0.114. The molecule has 0 saturated heterocycles. The van der Waals surface area contributed by atoms with Crippen molar-refractivity contribution in [2.75, 3.05) is 11.1 Å². The lowest BCUT2D eigenvalue weighted by Crippen LogP contribution is -2.13. The van der Waals surface area contributed by atoms with Crippen molar-refractivity contribution in [2.45, 2.75) is 17.8 Å². The van der Waals surface area contributed by atoms with Crippen LogP contribution in [0.3, 0.4) is 0 Å². The summed E-state index contributed by atoms with van der Waals surface area (Å²) in [5.74, 6) is -0.340. The standard InChI is InChI=1S/C20H17N7O2S/c1-11(28)24-13-7-5-12(6-8-13)17-15(9-21)18(22)27-20(26-17)30-10-14-3-2-4-16(25-14)19(23)29/h2-8H,10H2,1H3,(H2,23,29)(H,24,28)(H2,22,26,27). The van der Waals surface area contributed by atoms with Gasteiger partial charge in [0.2, 0.25) is 5.91 Å². The van der Waals surface area contributed by atoms with E-state index < -0.39 is 5.91 Å². The Kier molecular flexibility index (Phi) is 6.24. The van der Waals surface area contributed by atoms with Gasteiger partial charge in [0.05, 0.1) is 11.4 Å². The third-order valence-corrected chi connectivity index (χ3v) is 4.80. The van der Waals surface area contributed by atoms with Crippen LogP contribution in [0, 0.1) is 11.3 Å². The molecule has 150 valence electrons. The molecule has 2 aromatic heterocycles. The van der Waals surface area contributed by atoms with Crippen LogP contribution in [-0.4, -0.2) is 26.8 Å². The minimum atomic E-state index is -0.606. The quantitative estimate of drug-likeness (QED) is 0.405. The third kappa shape index (κ3) is 4.89. The smallest absolute Gasteiger partial charge is 0.267 e. The molecule has 0 aliphatic rings. The van der Waals surface area contributed by atoms with Gasteiger partial charge in [0.25, 0.3) is 5.91 Å². The zero-order valence-corrected chi connectivity index (χ0v) is 16.7. The van der Waals surface area contributed by atoms with E-state index in [2.05, 4.69) is 20.3 Å². The number of benzene rings is 1. The topological polar surface area (TPSA) is 161 Å². The number of aromatic nitrogens is 3. The predicted molar refractivity (Wildman–Crippen MR) is 113 cm³/mol. The van der Waals surface area contributed by atoms with Crippen molar-refractivity contribution >= 4 is 35.1 Å². The van der Waals surface area contributed by atoms with E-state index in [0.717, 1.165) is 0 Å². The largest absolute Gasteiger partial charge is 0.382 e. The summed E-state index contributed by atoms with van der Waals surface area (Å²) in [5.41, 5.74) is 13.9. The molecule has 5 N–H and O–H groups in total. The Hall–Kier alpha value is -3.97. The fourth-order valence-corrected chi connectivity index (χ4v) is 3.35. The summed E-state index contributed by atoms with van der Waals surface area (Å²) in [6.07, 6.45) is 0. The molecular weight excluding hydrogens is 402 g/mol. The number of thioether (sulfide) groups is 1. The number of nitrogens with two attached hydrogens (primary N) is 2. The Balaban J connectivity index is 1.88. The molecule has 0 fully saturated rings. The van der Waals surface area contributed by atoms with Gasteiger partial charge in [0, 0.05) is 23.9 Å². The highest BCUT2D eigenvalue weighted by Gasteiger charge is 2.15. The molecule has 3 rings (SSSR count). The Morgan fingerprint density at radius 1 is 1.13 bits per heavy atom. The van der Waals surface area contributed by atoms with E-state index in [1.807, 2.05) is 6.07 Å². The molecule has 2 heterocycles. The number of nitrogens with zero attached hydrogens (tertiary/aromatic N) is 4. The van der Waals surface area contributed by atoms with E-state index in [1.54, 1.807) is 36.4 Å². The van der Waals surface area contributed by atoms with Crippen molar-refractivity contribution < 1.29 is 9.59 Å². The molecular formula is C20H17N7O2S. The number of carbonyl (C=O) groups excluding carboxylic acids is 2. The average molecular weight is 419 g/mol. The van der Waals surface area contributed by atoms with Gasteiger partial charge in [-0.05, 0) is 24.3 Å². The first-order valence-corrected chi connectivity index (χ1v) is 9.70. The molecule has 0 bridgehead atoms. The zero-order chi connectivity index (χ0) is 21.7. The van der Waals surface area contributed by atoms with Crippen LogP contribution in [0.15, 0.2) is 47.6 Å². The molecule has 0 unspecified atom stereocenters. The minimum absolute atomic E-state index is 0.0646. The van der Waals surface area contributed by atoms with E-state index >= 15 is 0 Å². The van der Waals surface area contributed by atoms with Gasteiger partial charge < -0.3 is 16.8 Å². The van der Waals surface area contributed by atoms with E-state index in [1.165, 1.54) is 24.8 Å². The van der Waals surface area contributed by atoms with Crippen molar-refractivity contribution in [1.82, 2.24) is 15.0 Å².